The smallest absolute Gasteiger partial charge is 0.303 e. The molecule has 0 amide bonds. The molecule has 1 rings (SSSR count). The van der Waals surface area contributed by atoms with Crippen molar-refractivity contribution < 1.29 is 47.6 Å². The fourth-order valence-electron chi connectivity index (χ4n) is 4.13. The van der Waals surface area contributed by atoms with Gasteiger partial charge in [0.15, 0.2) is 24.6 Å². The van der Waals surface area contributed by atoms with Crippen LogP contribution in [0.3, 0.4) is 0 Å². The standard InChI is InChI=1S/C26H43BrO10/c1-18(28)33-17-22-23(34-19(2)29)24(35-20(3)30)25(36-21(4)31)26(37-22)32-16-14-12-10-8-6-5-7-9-11-13-15-27/h22-26H,5-17H2,1-4H3/t22-,23-,24+,25-,26+/m1/s1. The Morgan fingerprint density at radius 1 is 0.622 bits per heavy atom. The zero-order valence-electron chi connectivity index (χ0n) is 22.5. The summed E-state index contributed by atoms with van der Waals surface area (Å²) >= 11 is 3.46. The van der Waals surface area contributed by atoms with E-state index in [2.05, 4.69) is 15.9 Å². The predicted molar refractivity (Wildman–Crippen MR) is 138 cm³/mol. The van der Waals surface area contributed by atoms with Crippen LogP contribution in [0, 0.1) is 0 Å². The number of rotatable bonds is 18. The Bertz CT molecular complexity index is 701. The third-order valence-electron chi connectivity index (χ3n) is 5.76. The first-order valence-corrected chi connectivity index (χ1v) is 14.3. The summed E-state index contributed by atoms with van der Waals surface area (Å²) in [7, 11) is 0. The average molecular weight is 596 g/mol. The molecule has 1 aliphatic rings. The second-order valence-corrected chi connectivity index (χ2v) is 9.96. The van der Waals surface area contributed by atoms with Crippen molar-refractivity contribution in [3.63, 3.8) is 0 Å². The molecule has 0 saturated carbocycles. The number of halogens is 1. The average Bonchev–Trinajstić information content (AvgIpc) is 2.81. The Hall–Kier alpha value is -1.72. The van der Waals surface area contributed by atoms with Gasteiger partial charge < -0.3 is 28.4 Å². The largest absolute Gasteiger partial charge is 0.463 e. The van der Waals surface area contributed by atoms with Crippen LogP contribution in [0.25, 0.3) is 0 Å². The van der Waals surface area contributed by atoms with Crippen LogP contribution in [0.15, 0.2) is 0 Å². The molecule has 0 N–H and O–H groups in total. The third-order valence-corrected chi connectivity index (χ3v) is 6.32. The molecule has 10 nitrogen and oxygen atoms in total. The van der Waals surface area contributed by atoms with Crippen molar-refractivity contribution in [1.82, 2.24) is 0 Å². The zero-order chi connectivity index (χ0) is 27.6. The second-order valence-electron chi connectivity index (χ2n) is 9.16. The Morgan fingerprint density at radius 3 is 1.57 bits per heavy atom. The molecule has 0 aromatic heterocycles. The summed E-state index contributed by atoms with van der Waals surface area (Å²) in [5, 5.41) is 1.08. The van der Waals surface area contributed by atoms with Crippen molar-refractivity contribution in [3.8, 4) is 0 Å². The fourth-order valence-corrected chi connectivity index (χ4v) is 4.53. The second kappa shape index (κ2) is 19.4. The van der Waals surface area contributed by atoms with Crippen molar-refractivity contribution in [2.24, 2.45) is 0 Å². The monoisotopic (exact) mass is 594 g/mol. The predicted octanol–water partition coefficient (Wildman–Crippen LogP) is 4.38. The molecule has 0 spiro atoms. The van der Waals surface area contributed by atoms with E-state index in [0.29, 0.717) is 6.61 Å². The fraction of sp³-hybridized carbons (Fsp3) is 0.846. The number of hydrogen-bond acceptors (Lipinski definition) is 10. The van der Waals surface area contributed by atoms with Crippen molar-refractivity contribution in [2.75, 3.05) is 18.5 Å². The number of unbranched alkanes of at least 4 members (excludes halogenated alkanes) is 9. The summed E-state index contributed by atoms with van der Waals surface area (Å²) in [6.45, 7) is 4.85. The van der Waals surface area contributed by atoms with E-state index in [-0.39, 0.29) is 6.61 Å². The molecule has 37 heavy (non-hydrogen) atoms. The molecule has 1 fully saturated rings. The molecule has 5 atom stereocenters. The summed E-state index contributed by atoms with van der Waals surface area (Å²) in [6, 6.07) is 0. The van der Waals surface area contributed by atoms with Gasteiger partial charge in [-0.15, -0.1) is 0 Å². The Kier molecular flexibility index (Phi) is 17.4. The molecule has 0 aromatic carbocycles. The topological polar surface area (TPSA) is 124 Å². The highest BCUT2D eigenvalue weighted by atomic mass is 79.9. The molecule has 214 valence electrons. The van der Waals surface area contributed by atoms with Crippen LogP contribution >= 0.6 is 15.9 Å². The minimum absolute atomic E-state index is 0.270. The van der Waals surface area contributed by atoms with Gasteiger partial charge in [-0.2, -0.15) is 0 Å². The van der Waals surface area contributed by atoms with Gasteiger partial charge in [0.1, 0.15) is 12.7 Å². The Labute approximate surface area is 228 Å². The molecule has 0 aromatic rings. The first-order valence-electron chi connectivity index (χ1n) is 13.1. The van der Waals surface area contributed by atoms with Gasteiger partial charge >= 0.3 is 23.9 Å². The van der Waals surface area contributed by atoms with E-state index in [0.717, 1.165) is 31.0 Å². The lowest BCUT2D eigenvalue weighted by Crippen LogP contribution is -2.63. The van der Waals surface area contributed by atoms with Crippen LogP contribution in [-0.4, -0.2) is 73.1 Å². The summed E-state index contributed by atoms with van der Waals surface area (Å²) in [6.07, 6.45) is 5.86. The maximum Gasteiger partial charge on any atom is 0.303 e. The van der Waals surface area contributed by atoms with Crippen LogP contribution < -0.4 is 0 Å². The number of alkyl halides is 1. The molecule has 1 aliphatic heterocycles. The summed E-state index contributed by atoms with van der Waals surface area (Å²) < 4.78 is 33.0. The van der Waals surface area contributed by atoms with Crippen LogP contribution in [0.4, 0.5) is 0 Å². The van der Waals surface area contributed by atoms with E-state index in [4.69, 9.17) is 28.4 Å². The van der Waals surface area contributed by atoms with Crippen molar-refractivity contribution >= 4 is 39.8 Å². The lowest BCUT2D eigenvalue weighted by molar-refractivity contribution is -0.308. The van der Waals surface area contributed by atoms with Gasteiger partial charge in [-0.05, 0) is 12.8 Å². The highest BCUT2D eigenvalue weighted by molar-refractivity contribution is 9.09. The quantitative estimate of drug-likeness (QED) is 0.0976. The Morgan fingerprint density at radius 2 is 1.08 bits per heavy atom. The number of carbonyl (C=O) groups excluding carboxylic acids is 4. The van der Waals surface area contributed by atoms with Crippen LogP contribution in [0.1, 0.15) is 91.9 Å². The summed E-state index contributed by atoms with van der Waals surface area (Å²) in [4.78, 5) is 46.8. The zero-order valence-corrected chi connectivity index (χ0v) is 24.1. The van der Waals surface area contributed by atoms with E-state index in [1.807, 2.05) is 0 Å². The normalized spacial score (nSPS) is 23.2. The van der Waals surface area contributed by atoms with E-state index < -0.39 is 54.6 Å². The van der Waals surface area contributed by atoms with E-state index in [9.17, 15) is 19.2 Å². The highest BCUT2D eigenvalue weighted by Gasteiger charge is 2.52. The number of carbonyl (C=O) groups is 4. The minimum Gasteiger partial charge on any atom is -0.463 e. The van der Waals surface area contributed by atoms with Gasteiger partial charge in [-0.25, -0.2) is 0 Å². The van der Waals surface area contributed by atoms with Crippen LogP contribution in [0.5, 0.6) is 0 Å². The first kappa shape index (κ1) is 33.3. The SMILES string of the molecule is CC(=O)OC[C@H]1O[C@H](OCCCCCCCCCCCCBr)[C@H](OC(C)=O)[C@@H](OC(C)=O)[C@@H]1OC(C)=O. The van der Waals surface area contributed by atoms with E-state index in [1.54, 1.807) is 0 Å². The summed E-state index contributed by atoms with van der Waals surface area (Å²) in [5.74, 6) is -2.55. The maximum atomic E-state index is 11.9. The number of ether oxygens (including phenoxy) is 6. The first-order chi connectivity index (χ1) is 17.6. The molecule has 0 aliphatic carbocycles. The highest BCUT2D eigenvalue weighted by Crippen LogP contribution is 2.30. The molecular formula is C26H43BrO10. The maximum absolute atomic E-state index is 11.9. The summed E-state index contributed by atoms with van der Waals surface area (Å²) in [5.41, 5.74) is 0. The van der Waals surface area contributed by atoms with Crippen LogP contribution in [-0.2, 0) is 47.6 Å². The van der Waals surface area contributed by atoms with Crippen molar-refractivity contribution in [1.29, 1.82) is 0 Å². The van der Waals surface area contributed by atoms with E-state index >= 15 is 0 Å². The minimum atomic E-state index is -1.21. The van der Waals surface area contributed by atoms with Crippen LogP contribution in [0.2, 0.25) is 0 Å². The van der Waals surface area contributed by atoms with Gasteiger partial charge in [0.25, 0.3) is 0 Å². The third kappa shape index (κ3) is 14.7. The number of esters is 4. The molecule has 0 radical (unpaired) electrons. The van der Waals surface area contributed by atoms with Gasteiger partial charge in [0.05, 0.1) is 0 Å². The van der Waals surface area contributed by atoms with Crippen molar-refractivity contribution in [2.45, 2.75) is 123 Å². The molecule has 0 bridgehead atoms. The Balaban J connectivity index is 2.71. The van der Waals surface area contributed by atoms with E-state index in [1.165, 1.54) is 66.2 Å². The lowest BCUT2D eigenvalue weighted by Gasteiger charge is -2.44. The molecule has 1 heterocycles. The molecule has 0 unspecified atom stereocenters. The van der Waals surface area contributed by atoms with Gasteiger partial charge in [0, 0.05) is 39.6 Å². The molecular weight excluding hydrogens is 552 g/mol. The van der Waals surface area contributed by atoms with Gasteiger partial charge in [0.2, 0.25) is 0 Å². The van der Waals surface area contributed by atoms with Crippen molar-refractivity contribution in [3.05, 3.63) is 0 Å². The lowest BCUT2D eigenvalue weighted by atomic mass is 9.98. The molecule has 11 heteroatoms. The molecule has 1 saturated heterocycles. The van der Waals surface area contributed by atoms with Gasteiger partial charge in [-0.3, -0.25) is 19.2 Å². The number of hydrogen-bond donors (Lipinski definition) is 0. The van der Waals surface area contributed by atoms with Gasteiger partial charge in [-0.1, -0.05) is 67.3 Å².